The van der Waals surface area contributed by atoms with Gasteiger partial charge >= 0.3 is 5.97 Å². The van der Waals surface area contributed by atoms with Crippen molar-refractivity contribution in [1.29, 1.82) is 0 Å². The zero-order valence-corrected chi connectivity index (χ0v) is 9.27. The lowest BCUT2D eigenvalue weighted by molar-refractivity contribution is 0.0694. The summed E-state index contributed by atoms with van der Waals surface area (Å²) < 4.78 is 0.744. The second-order valence-electron chi connectivity index (χ2n) is 3.20. The molecule has 1 atom stereocenters. The van der Waals surface area contributed by atoms with Gasteiger partial charge in [-0.3, -0.25) is 0 Å². The minimum atomic E-state index is -0.935. The standard InChI is InChI=1S/C10H8BrNO3/c11-9-5-8(15-12-9)6-2-1-3-7(4-6)10(13)14/h1-4,8H,5H2,(H,13,14). The van der Waals surface area contributed by atoms with Crippen LogP contribution in [-0.4, -0.2) is 15.7 Å². The highest BCUT2D eigenvalue weighted by molar-refractivity contribution is 9.18. The van der Waals surface area contributed by atoms with Crippen LogP contribution in [0.1, 0.15) is 28.4 Å². The van der Waals surface area contributed by atoms with E-state index in [-0.39, 0.29) is 11.7 Å². The van der Waals surface area contributed by atoms with Crippen LogP contribution in [0.3, 0.4) is 0 Å². The molecule has 1 aromatic rings. The van der Waals surface area contributed by atoms with E-state index in [4.69, 9.17) is 9.94 Å². The van der Waals surface area contributed by atoms with Crippen LogP contribution in [-0.2, 0) is 4.84 Å². The van der Waals surface area contributed by atoms with Gasteiger partial charge in [0, 0.05) is 6.42 Å². The summed E-state index contributed by atoms with van der Waals surface area (Å²) in [7, 11) is 0. The molecule has 1 N–H and O–H groups in total. The van der Waals surface area contributed by atoms with Gasteiger partial charge in [0.1, 0.15) is 4.62 Å². The van der Waals surface area contributed by atoms with Crippen molar-refractivity contribution in [3.63, 3.8) is 0 Å². The van der Waals surface area contributed by atoms with Gasteiger partial charge in [-0.15, -0.1) is 0 Å². The zero-order chi connectivity index (χ0) is 10.8. The lowest BCUT2D eigenvalue weighted by Gasteiger charge is -2.08. The molecule has 0 bridgehead atoms. The first-order valence-corrected chi connectivity index (χ1v) is 5.17. The number of carbonyl (C=O) groups is 1. The fourth-order valence-electron chi connectivity index (χ4n) is 1.40. The van der Waals surface area contributed by atoms with Gasteiger partial charge in [0.25, 0.3) is 0 Å². The largest absolute Gasteiger partial charge is 0.478 e. The zero-order valence-electron chi connectivity index (χ0n) is 7.68. The average molecular weight is 270 g/mol. The van der Waals surface area contributed by atoms with E-state index in [0.29, 0.717) is 6.42 Å². The van der Waals surface area contributed by atoms with Crippen molar-refractivity contribution in [2.45, 2.75) is 12.5 Å². The number of oxime groups is 1. The van der Waals surface area contributed by atoms with Gasteiger partial charge in [-0.2, -0.15) is 0 Å². The van der Waals surface area contributed by atoms with Gasteiger partial charge in [0.2, 0.25) is 0 Å². The summed E-state index contributed by atoms with van der Waals surface area (Å²) in [5.41, 5.74) is 1.09. The lowest BCUT2D eigenvalue weighted by atomic mass is 10.0. The maximum Gasteiger partial charge on any atom is 0.335 e. The highest BCUT2D eigenvalue weighted by atomic mass is 79.9. The molecule has 0 aromatic heterocycles. The quantitative estimate of drug-likeness (QED) is 0.898. The van der Waals surface area contributed by atoms with E-state index in [0.717, 1.165) is 10.2 Å². The number of carboxylic acids is 1. The van der Waals surface area contributed by atoms with Crippen LogP contribution in [0.2, 0.25) is 0 Å². The normalized spacial score (nSPS) is 19.5. The van der Waals surface area contributed by atoms with Crippen LogP contribution < -0.4 is 0 Å². The molecule has 1 aliphatic heterocycles. The molecule has 1 heterocycles. The molecule has 1 aromatic carbocycles. The van der Waals surface area contributed by atoms with Gasteiger partial charge in [0.15, 0.2) is 6.10 Å². The first-order chi connectivity index (χ1) is 7.16. The molecule has 1 unspecified atom stereocenters. The topological polar surface area (TPSA) is 58.9 Å². The van der Waals surface area contributed by atoms with Crippen LogP contribution in [0, 0.1) is 0 Å². The Morgan fingerprint density at radius 1 is 1.60 bits per heavy atom. The predicted octanol–water partition coefficient (Wildman–Crippen LogP) is 2.55. The van der Waals surface area contributed by atoms with E-state index in [2.05, 4.69) is 21.1 Å². The fraction of sp³-hybridized carbons (Fsp3) is 0.200. The maximum absolute atomic E-state index is 10.8. The summed E-state index contributed by atoms with van der Waals surface area (Å²) in [5.74, 6) is -0.935. The minimum absolute atomic E-state index is 0.182. The van der Waals surface area contributed by atoms with Crippen LogP contribution in [0.4, 0.5) is 0 Å². The number of rotatable bonds is 2. The van der Waals surface area contributed by atoms with Gasteiger partial charge in [0.05, 0.1) is 5.56 Å². The van der Waals surface area contributed by atoms with Crippen molar-refractivity contribution < 1.29 is 14.7 Å². The Balaban J connectivity index is 2.23. The van der Waals surface area contributed by atoms with E-state index < -0.39 is 5.97 Å². The molecule has 0 saturated heterocycles. The number of aromatic carboxylic acids is 1. The van der Waals surface area contributed by atoms with E-state index in [1.807, 2.05) is 6.07 Å². The van der Waals surface area contributed by atoms with Crippen LogP contribution in [0.5, 0.6) is 0 Å². The molecule has 0 amide bonds. The predicted molar refractivity (Wildman–Crippen MR) is 58.2 cm³/mol. The molecule has 0 fully saturated rings. The van der Waals surface area contributed by atoms with Crippen molar-refractivity contribution in [2.24, 2.45) is 5.16 Å². The molecule has 0 aliphatic carbocycles. The van der Waals surface area contributed by atoms with Gasteiger partial charge in [-0.1, -0.05) is 17.3 Å². The molecule has 4 nitrogen and oxygen atoms in total. The second-order valence-corrected chi connectivity index (χ2v) is 4.11. The number of nitrogens with zero attached hydrogens (tertiary/aromatic N) is 1. The Labute approximate surface area is 94.7 Å². The summed E-state index contributed by atoms with van der Waals surface area (Å²) in [4.78, 5) is 15.9. The third-order valence-electron chi connectivity index (χ3n) is 2.14. The first-order valence-electron chi connectivity index (χ1n) is 4.38. The van der Waals surface area contributed by atoms with Crippen molar-refractivity contribution in [2.75, 3.05) is 0 Å². The van der Waals surface area contributed by atoms with Crippen molar-refractivity contribution in [3.8, 4) is 0 Å². The SMILES string of the molecule is O=C(O)c1cccc(C2CC(Br)=NO2)c1. The number of halogens is 1. The van der Waals surface area contributed by atoms with Gasteiger partial charge in [-0.25, -0.2) is 4.79 Å². The van der Waals surface area contributed by atoms with Crippen LogP contribution in [0.25, 0.3) is 0 Å². The number of hydrogen-bond donors (Lipinski definition) is 1. The van der Waals surface area contributed by atoms with E-state index in [1.165, 1.54) is 0 Å². The Hall–Kier alpha value is -1.36. The Kier molecular flexibility index (Phi) is 2.73. The van der Waals surface area contributed by atoms with Gasteiger partial charge < -0.3 is 9.94 Å². The fourth-order valence-corrected chi connectivity index (χ4v) is 1.78. The molecular formula is C10H8BrNO3. The number of carboxylic acid groups (broad SMARTS) is 1. The Morgan fingerprint density at radius 3 is 3.00 bits per heavy atom. The summed E-state index contributed by atoms with van der Waals surface area (Å²) in [6.45, 7) is 0. The van der Waals surface area contributed by atoms with E-state index in [1.54, 1.807) is 18.2 Å². The lowest BCUT2D eigenvalue weighted by Crippen LogP contribution is -2.01. The molecule has 2 rings (SSSR count). The molecular weight excluding hydrogens is 262 g/mol. The van der Waals surface area contributed by atoms with Crippen molar-refractivity contribution >= 4 is 26.5 Å². The second kappa shape index (κ2) is 4.02. The van der Waals surface area contributed by atoms with Crippen LogP contribution >= 0.6 is 15.9 Å². The molecule has 5 heteroatoms. The third kappa shape index (κ3) is 2.18. The summed E-state index contributed by atoms with van der Waals surface area (Å²) in [6, 6.07) is 6.69. The first kappa shape index (κ1) is 10.2. The maximum atomic E-state index is 10.8. The molecule has 0 radical (unpaired) electrons. The number of hydrogen-bond acceptors (Lipinski definition) is 3. The Morgan fingerprint density at radius 2 is 2.40 bits per heavy atom. The Bertz CT molecular complexity index is 430. The molecule has 0 spiro atoms. The van der Waals surface area contributed by atoms with E-state index in [9.17, 15) is 4.79 Å². The molecule has 15 heavy (non-hydrogen) atoms. The minimum Gasteiger partial charge on any atom is -0.478 e. The van der Waals surface area contributed by atoms with Crippen molar-refractivity contribution in [3.05, 3.63) is 35.4 Å². The van der Waals surface area contributed by atoms with Crippen molar-refractivity contribution in [1.82, 2.24) is 0 Å². The average Bonchev–Trinajstić information content (AvgIpc) is 2.65. The monoisotopic (exact) mass is 269 g/mol. The summed E-state index contributed by atoms with van der Waals surface area (Å²) >= 11 is 3.23. The number of benzene rings is 1. The highest BCUT2D eigenvalue weighted by Gasteiger charge is 2.21. The third-order valence-corrected chi connectivity index (χ3v) is 2.61. The highest BCUT2D eigenvalue weighted by Crippen LogP contribution is 2.29. The molecule has 78 valence electrons. The summed E-state index contributed by atoms with van der Waals surface area (Å²) in [5, 5.41) is 12.6. The molecule has 1 aliphatic rings. The van der Waals surface area contributed by atoms with Gasteiger partial charge in [-0.05, 0) is 33.6 Å². The molecule has 0 saturated carbocycles. The smallest absolute Gasteiger partial charge is 0.335 e. The van der Waals surface area contributed by atoms with E-state index >= 15 is 0 Å². The van der Waals surface area contributed by atoms with Crippen LogP contribution in [0.15, 0.2) is 29.4 Å². The summed E-state index contributed by atoms with van der Waals surface area (Å²) in [6.07, 6.45) is 0.460.